The Balaban J connectivity index is 1.27. The van der Waals surface area contributed by atoms with E-state index < -0.39 is 23.8 Å². The van der Waals surface area contributed by atoms with E-state index in [0.29, 0.717) is 35.2 Å². The minimum Gasteiger partial charge on any atom is -0.479 e. The number of carboxylic acid groups (broad SMARTS) is 1. The van der Waals surface area contributed by atoms with Crippen molar-refractivity contribution in [3.05, 3.63) is 64.2 Å². The Bertz CT molecular complexity index is 1480. The van der Waals surface area contributed by atoms with Crippen molar-refractivity contribution >= 4 is 35.0 Å². The number of thiazole rings is 1. The summed E-state index contributed by atoms with van der Waals surface area (Å²) in [7, 11) is 0. The molecule has 0 radical (unpaired) electrons. The van der Waals surface area contributed by atoms with E-state index >= 15 is 0 Å². The van der Waals surface area contributed by atoms with Crippen LogP contribution in [-0.2, 0) is 28.1 Å². The van der Waals surface area contributed by atoms with Crippen molar-refractivity contribution in [2.45, 2.75) is 56.2 Å². The Morgan fingerprint density at radius 1 is 1.02 bits per heavy atom. The van der Waals surface area contributed by atoms with E-state index in [0.717, 1.165) is 85.3 Å². The Kier molecular flexibility index (Phi) is 10.7. The molecule has 1 amide bonds. The predicted molar refractivity (Wildman–Crippen MR) is 169 cm³/mol. The number of aliphatic carboxylic acids is 1. The Hall–Kier alpha value is -3.13. The van der Waals surface area contributed by atoms with Crippen LogP contribution in [0.25, 0.3) is 10.6 Å². The lowest BCUT2D eigenvalue weighted by atomic mass is 10.1. The van der Waals surface area contributed by atoms with Gasteiger partial charge in [-0.15, -0.1) is 23.1 Å². The van der Waals surface area contributed by atoms with E-state index in [1.165, 1.54) is 30.4 Å². The van der Waals surface area contributed by atoms with Gasteiger partial charge in [0, 0.05) is 66.9 Å². The second-order valence-electron chi connectivity index (χ2n) is 11.4. The van der Waals surface area contributed by atoms with Crippen LogP contribution >= 0.6 is 23.1 Å². The summed E-state index contributed by atoms with van der Waals surface area (Å²) >= 11 is 3.10. The summed E-state index contributed by atoms with van der Waals surface area (Å²) in [5.74, 6) is 0.292. The number of carbonyl (C=O) groups excluding carboxylic acids is 1. The van der Waals surface area contributed by atoms with Crippen molar-refractivity contribution in [2.75, 3.05) is 45.8 Å². The molecule has 0 spiro atoms. The number of nitrogens with zero attached hydrogens (tertiary/aromatic N) is 4. The van der Waals surface area contributed by atoms with Gasteiger partial charge in [0.05, 0.1) is 17.8 Å². The number of carbonyl (C=O) groups is 2. The van der Waals surface area contributed by atoms with E-state index in [-0.39, 0.29) is 5.91 Å². The van der Waals surface area contributed by atoms with Crippen molar-refractivity contribution in [2.24, 2.45) is 0 Å². The van der Waals surface area contributed by atoms with E-state index in [1.807, 2.05) is 24.0 Å². The molecular weight excluding hydrogens is 626 g/mol. The van der Waals surface area contributed by atoms with E-state index in [1.54, 1.807) is 17.8 Å². The van der Waals surface area contributed by atoms with Crippen LogP contribution in [0.15, 0.2) is 47.4 Å². The first kappa shape index (κ1) is 33.2. The third-order valence-electron chi connectivity index (χ3n) is 8.06. The summed E-state index contributed by atoms with van der Waals surface area (Å²) in [6, 6.07) is 10.7. The number of aromatic nitrogens is 1. The molecule has 3 aromatic rings. The standard InChI is InChI=1S/C32H37F3N4O4S2/c1-21-17-25(9-10-27(21)43-22(2)31(41)42)44-20-28-26(36-30(45-28)23-5-7-24(8-6-23)32(33,34)35)18-37-13-15-38(16-14-37)19-29(40)39-11-3-4-12-39/h5-10,17,22H,3-4,11-16,18-20H2,1-2H3,(H,41,42). The molecule has 45 heavy (non-hydrogen) atoms. The van der Waals surface area contributed by atoms with E-state index in [9.17, 15) is 22.8 Å². The zero-order valence-corrected chi connectivity index (χ0v) is 26.9. The summed E-state index contributed by atoms with van der Waals surface area (Å²) in [5.41, 5.74) is 1.67. The van der Waals surface area contributed by atoms with Crippen molar-refractivity contribution in [3.63, 3.8) is 0 Å². The zero-order valence-electron chi connectivity index (χ0n) is 25.3. The van der Waals surface area contributed by atoms with Gasteiger partial charge in [-0.1, -0.05) is 12.1 Å². The number of thioether (sulfide) groups is 1. The van der Waals surface area contributed by atoms with Gasteiger partial charge >= 0.3 is 12.1 Å². The topological polar surface area (TPSA) is 86.2 Å². The fourth-order valence-electron chi connectivity index (χ4n) is 5.35. The molecule has 2 aliphatic heterocycles. The van der Waals surface area contributed by atoms with Gasteiger partial charge in [0.2, 0.25) is 5.91 Å². The quantitative estimate of drug-likeness (QED) is 0.250. The first-order chi connectivity index (χ1) is 21.5. The highest BCUT2D eigenvalue weighted by molar-refractivity contribution is 7.98. The highest BCUT2D eigenvalue weighted by Gasteiger charge is 2.30. The maximum Gasteiger partial charge on any atom is 0.416 e. The molecule has 2 saturated heterocycles. The predicted octanol–water partition coefficient (Wildman–Crippen LogP) is 6.02. The summed E-state index contributed by atoms with van der Waals surface area (Å²) < 4.78 is 45.0. The molecule has 13 heteroatoms. The number of amides is 1. The number of likely N-dealkylation sites (tertiary alicyclic amines) is 1. The maximum absolute atomic E-state index is 13.2. The number of benzene rings is 2. The first-order valence-electron chi connectivity index (χ1n) is 15.0. The van der Waals surface area contributed by atoms with Crippen LogP contribution in [-0.4, -0.2) is 88.6 Å². The lowest BCUT2D eigenvalue weighted by molar-refractivity contribution is -0.144. The molecule has 2 aliphatic rings. The highest BCUT2D eigenvalue weighted by atomic mass is 32.2. The third kappa shape index (κ3) is 8.78. The second kappa shape index (κ2) is 14.5. The number of halogens is 3. The molecule has 0 bridgehead atoms. The largest absolute Gasteiger partial charge is 0.479 e. The van der Waals surface area contributed by atoms with Crippen LogP contribution in [0, 0.1) is 6.92 Å². The van der Waals surface area contributed by atoms with Crippen LogP contribution in [0.5, 0.6) is 5.75 Å². The van der Waals surface area contributed by atoms with Gasteiger partial charge in [0.15, 0.2) is 6.10 Å². The number of alkyl halides is 3. The molecule has 1 N–H and O–H groups in total. The summed E-state index contributed by atoms with van der Waals surface area (Å²) in [6.07, 6.45) is -3.21. The van der Waals surface area contributed by atoms with Gasteiger partial charge in [-0.25, -0.2) is 9.78 Å². The highest BCUT2D eigenvalue weighted by Crippen LogP contribution is 2.36. The number of hydrogen-bond acceptors (Lipinski definition) is 8. The number of ether oxygens (including phenoxy) is 1. The number of rotatable bonds is 11. The average Bonchev–Trinajstić information content (AvgIpc) is 3.69. The van der Waals surface area contributed by atoms with Crippen molar-refractivity contribution in [1.29, 1.82) is 0 Å². The lowest BCUT2D eigenvalue weighted by Crippen LogP contribution is -2.49. The van der Waals surface area contributed by atoms with Crippen LogP contribution in [0.3, 0.4) is 0 Å². The summed E-state index contributed by atoms with van der Waals surface area (Å²) in [4.78, 5) is 37.2. The molecule has 2 aromatic carbocycles. The molecule has 1 aromatic heterocycles. The third-order valence-corrected chi connectivity index (χ3v) is 10.4. The van der Waals surface area contributed by atoms with Crippen molar-refractivity contribution in [3.8, 4) is 16.3 Å². The molecule has 5 rings (SSSR count). The molecule has 3 heterocycles. The van der Waals surface area contributed by atoms with Gasteiger partial charge < -0.3 is 14.7 Å². The molecule has 0 aliphatic carbocycles. The van der Waals surface area contributed by atoms with Gasteiger partial charge in [-0.2, -0.15) is 13.2 Å². The van der Waals surface area contributed by atoms with Crippen LogP contribution in [0.2, 0.25) is 0 Å². The van der Waals surface area contributed by atoms with Crippen molar-refractivity contribution in [1.82, 2.24) is 19.7 Å². The summed E-state index contributed by atoms with van der Waals surface area (Å²) in [5, 5.41) is 9.83. The van der Waals surface area contributed by atoms with E-state index in [4.69, 9.17) is 14.8 Å². The molecule has 1 atom stereocenters. The van der Waals surface area contributed by atoms with Crippen molar-refractivity contribution < 1.29 is 32.6 Å². The number of carboxylic acids is 1. The number of hydrogen-bond donors (Lipinski definition) is 1. The SMILES string of the molecule is Cc1cc(SCc2sc(-c3ccc(C(F)(F)F)cc3)nc2CN2CCN(CC(=O)N3CCCC3)CC2)ccc1OC(C)C(=O)O. The average molecular weight is 663 g/mol. The monoisotopic (exact) mass is 662 g/mol. The van der Waals surface area contributed by atoms with E-state index in [2.05, 4.69) is 9.80 Å². The minimum absolute atomic E-state index is 0.201. The van der Waals surface area contributed by atoms with Gasteiger partial charge in [0.1, 0.15) is 10.8 Å². The Morgan fingerprint density at radius 2 is 1.69 bits per heavy atom. The maximum atomic E-state index is 13.2. The Labute approximate surface area is 269 Å². The first-order valence-corrected chi connectivity index (χ1v) is 16.8. The van der Waals surface area contributed by atoms with Crippen LogP contribution in [0.4, 0.5) is 13.2 Å². The van der Waals surface area contributed by atoms with Gasteiger partial charge in [-0.3, -0.25) is 14.6 Å². The molecular formula is C32H37F3N4O4S2. The summed E-state index contributed by atoms with van der Waals surface area (Å²) in [6.45, 7) is 9.28. The lowest BCUT2D eigenvalue weighted by Gasteiger charge is -2.34. The normalized spacial score (nSPS) is 17.0. The molecule has 1 unspecified atom stereocenters. The smallest absolute Gasteiger partial charge is 0.416 e. The number of aryl methyl sites for hydroxylation is 1. The Morgan fingerprint density at radius 3 is 2.31 bits per heavy atom. The number of piperazine rings is 1. The molecule has 2 fully saturated rings. The molecule has 8 nitrogen and oxygen atoms in total. The minimum atomic E-state index is -4.40. The van der Waals surface area contributed by atoms with Gasteiger partial charge in [-0.05, 0) is 62.6 Å². The molecule has 242 valence electrons. The fraction of sp³-hybridized carbons (Fsp3) is 0.469. The zero-order chi connectivity index (χ0) is 32.1. The van der Waals surface area contributed by atoms with Gasteiger partial charge in [0.25, 0.3) is 0 Å². The fourth-order valence-corrected chi connectivity index (χ4v) is 7.53. The molecule has 0 saturated carbocycles. The van der Waals surface area contributed by atoms with Crippen LogP contribution in [0.1, 0.15) is 41.5 Å². The second-order valence-corrected chi connectivity index (χ2v) is 13.6. The van der Waals surface area contributed by atoms with Crippen LogP contribution < -0.4 is 4.74 Å².